The van der Waals surface area contributed by atoms with Gasteiger partial charge in [0.1, 0.15) is 24.1 Å². The number of carbonyl (C=O) groups is 3. The Morgan fingerprint density at radius 2 is 1.90 bits per heavy atom. The Hall–Kier alpha value is -4.87. The maximum Gasteiger partial charge on any atom is 0.418 e. The zero-order chi connectivity index (χ0) is 36.8. The molecule has 0 aliphatic carbocycles. The molecule has 1 aromatic carbocycles. The molecule has 1 aliphatic rings. The largest absolute Gasteiger partial charge is 0.489 e. The molecule has 272 valence electrons. The lowest BCUT2D eigenvalue weighted by atomic mass is 9.84. The number of hydroxylamine groups is 2. The molecule has 3 aromatic rings. The lowest BCUT2D eigenvalue weighted by molar-refractivity contribution is -0.218. The van der Waals surface area contributed by atoms with Crippen LogP contribution in [0.1, 0.15) is 26.0 Å². The van der Waals surface area contributed by atoms with Gasteiger partial charge in [0.15, 0.2) is 10.8 Å². The van der Waals surface area contributed by atoms with Gasteiger partial charge in [0.25, 0.3) is 17.9 Å². The molecule has 0 radical (unpaired) electrons. The second-order valence-corrected chi connectivity index (χ2v) is 13.2. The number of oxime groups is 1. The number of aliphatic carboxylic acids is 1. The zero-order valence-electron chi connectivity index (χ0n) is 27.3. The van der Waals surface area contributed by atoms with Crippen LogP contribution in [-0.2, 0) is 47.5 Å². The fourth-order valence-electron chi connectivity index (χ4n) is 4.83. The van der Waals surface area contributed by atoms with Crippen molar-refractivity contribution in [3.05, 3.63) is 47.2 Å². The maximum atomic E-state index is 13.3. The molecule has 22 heteroatoms. The van der Waals surface area contributed by atoms with E-state index in [1.807, 2.05) is 22.4 Å². The Morgan fingerprint density at radius 3 is 2.46 bits per heavy atom. The number of nitrogens with two attached hydrogens (primary N) is 3. The molecule has 0 bridgehead atoms. The number of hydrogen-bond acceptors (Lipinski definition) is 15. The van der Waals surface area contributed by atoms with Crippen LogP contribution < -0.4 is 32.9 Å². The minimum atomic E-state index is -5.03. The van der Waals surface area contributed by atoms with E-state index in [2.05, 4.69) is 24.7 Å². The van der Waals surface area contributed by atoms with Crippen molar-refractivity contribution in [3.63, 3.8) is 0 Å². The fourth-order valence-corrected chi connectivity index (χ4v) is 5.83. The number of nitrogen functional groups attached to an aromatic ring is 1. The summed E-state index contributed by atoms with van der Waals surface area (Å²) in [4.78, 5) is 51.6. The summed E-state index contributed by atoms with van der Waals surface area (Å²) in [5.41, 5.74) is 17.4. The summed E-state index contributed by atoms with van der Waals surface area (Å²) >= 11 is 0.954. The first-order valence-electron chi connectivity index (χ1n) is 15.0. The van der Waals surface area contributed by atoms with Gasteiger partial charge in [-0.2, -0.15) is 13.5 Å². The Balaban J connectivity index is 1.48. The number of thiazole rings is 1. The number of aromatic nitrogens is 3. The van der Waals surface area contributed by atoms with Crippen LogP contribution in [0, 0.1) is 0 Å². The summed E-state index contributed by atoms with van der Waals surface area (Å²) < 4.78 is 45.1. The van der Waals surface area contributed by atoms with Crippen LogP contribution in [0.25, 0.3) is 11.3 Å². The number of rotatable bonds is 17. The monoisotopic (exact) mass is 738 g/mol. The number of nitrogens with zero attached hydrogens (tertiary/aromatic N) is 6. The van der Waals surface area contributed by atoms with Crippen LogP contribution in [-0.4, -0.2) is 105 Å². The number of nitrogens with one attached hydrogen (secondary N) is 1. The molecule has 2 atom stereocenters. The van der Waals surface area contributed by atoms with Gasteiger partial charge in [-0.3, -0.25) is 19.1 Å². The molecule has 2 amide bonds. The third-order valence-electron chi connectivity index (χ3n) is 7.38. The normalized spacial score (nSPS) is 17.0. The third kappa shape index (κ3) is 8.83. The Bertz CT molecular complexity index is 1920. The standard InChI is InChI=1S/C28H38N10O10S2/c1-28(2)22(24(40)38(28)48-50(43,44)45)34-23(39)21(18-15-49-26(31)33-18)35-47-20(25(41)42)14-46-17-7-5-16(6-8-17)19-13-37(12-4-9-29)27(36(19)3)32-11-10-30/h5-8,13,15,20,22H,4,9-12,14,29-30H2,1-3H3,(H2,31,33)(H,34,39)(H,41,42)(H,43,44,45). The van der Waals surface area contributed by atoms with E-state index in [9.17, 15) is 27.9 Å². The summed E-state index contributed by atoms with van der Waals surface area (Å²) in [6, 6.07) is 5.54. The van der Waals surface area contributed by atoms with Crippen molar-refractivity contribution in [2.75, 3.05) is 32.0 Å². The van der Waals surface area contributed by atoms with Gasteiger partial charge >= 0.3 is 16.4 Å². The number of ether oxygens (including phenoxy) is 1. The Kier molecular flexibility index (Phi) is 12.0. The number of carboxylic acids is 1. The number of amides is 2. The number of β-lactam (4-membered cyclic amide) rings is 1. The minimum Gasteiger partial charge on any atom is -0.489 e. The Morgan fingerprint density at radius 1 is 1.20 bits per heavy atom. The highest BCUT2D eigenvalue weighted by Crippen LogP contribution is 2.33. The van der Waals surface area contributed by atoms with E-state index in [-0.39, 0.29) is 10.8 Å². The number of carboxylic acid groups (broad SMARTS) is 1. The molecular weight excluding hydrogens is 701 g/mol. The van der Waals surface area contributed by atoms with Gasteiger partial charge in [0, 0.05) is 31.7 Å². The van der Waals surface area contributed by atoms with E-state index < -0.39 is 58.2 Å². The van der Waals surface area contributed by atoms with Gasteiger partial charge in [0.05, 0.1) is 17.8 Å². The maximum absolute atomic E-state index is 13.3. The van der Waals surface area contributed by atoms with Crippen molar-refractivity contribution in [2.24, 2.45) is 28.7 Å². The van der Waals surface area contributed by atoms with E-state index in [1.165, 1.54) is 19.2 Å². The number of hydrogen-bond donors (Lipinski definition) is 6. The first-order chi connectivity index (χ1) is 23.6. The van der Waals surface area contributed by atoms with Crippen molar-refractivity contribution in [3.8, 4) is 17.0 Å². The fraction of sp³-hybridized carbons (Fsp3) is 0.429. The molecule has 2 unspecified atom stereocenters. The van der Waals surface area contributed by atoms with Crippen LogP contribution in [0.15, 0.2) is 46.0 Å². The van der Waals surface area contributed by atoms with Gasteiger partial charge < -0.3 is 46.3 Å². The van der Waals surface area contributed by atoms with Crippen LogP contribution in [0.2, 0.25) is 0 Å². The topological polar surface area (TPSA) is 294 Å². The second-order valence-electron chi connectivity index (χ2n) is 11.4. The minimum absolute atomic E-state index is 0.0525. The Labute approximate surface area is 290 Å². The highest BCUT2D eigenvalue weighted by Gasteiger charge is 2.58. The molecule has 0 spiro atoms. The SMILES string of the molecule is Cn1c(-c2ccc(OCC(ON=C(C(=O)NC3C(=O)N(OS(=O)(=O)O)C3(C)C)c3csc(N)n3)C(=O)O)cc2)cn(CCCN)c1=NCCN. The number of imidazole rings is 1. The van der Waals surface area contributed by atoms with Gasteiger partial charge in [-0.25, -0.2) is 9.78 Å². The van der Waals surface area contributed by atoms with Crippen LogP contribution in [0.3, 0.4) is 0 Å². The smallest absolute Gasteiger partial charge is 0.418 e. The molecule has 1 saturated heterocycles. The molecule has 0 saturated carbocycles. The van der Waals surface area contributed by atoms with Gasteiger partial charge in [0.2, 0.25) is 5.62 Å². The molecule has 20 nitrogen and oxygen atoms in total. The zero-order valence-corrected chi connectivity index (χ0v) is 28.9. The summed E-state index contributed by atoms with van der Waals surface area (Å²) in [5, 5.41) is 17.7. The van der Waals surface area contributed by atoms with E-state index in [1.54, 1.807) is 24.3 Å². The summed E-state index contributed by atoms with van der Waals surface area (Å²) in [6.07, 6.45) is 1.02. The van der Waals surface area contributed by atoms with E-state index in [0.717, 1.165) is 34.6 Å². The molecule has 1 aliphatic heterocycles. The third-order valence-corrected chi connectivity index (χ3v) is 8.39. The van der Waals surface area contributed by atoms with E-state index in [4.69, 9.17) is 31.3 Å². The van der Waals surface area contributed by atoms with Crippen LogP contribution in [0.5, 0.6) is 5.75 Å². The number of carbonyl (C=O) groups excluding carboxylic acids is 2. The molecule has 50 heavy (non-hydrogen) atoms. The van der Waals surface area contributed by atoms with Gasteiger partial charge in [-0.1, -0.05) is 5.16 Å². The lowest BCUT2D eigenvalue weighted by Crippen LogP contribution is -2.76. The van der Waals surface area contributed by atoms with Crippen molar-refractivity contribution in [1.82, 2.24) is 24.5 Å². The molecular formula is C28H38N10O10S2. The second kappa shape index (κ2) is 15.8. The van der Waals surface area contributed by atoms with E-state index in [0.29, 0.717) is 37.0 Å². The number of aryl methyl sites for hydroxylation is 1. The van der Waals surface area contributed by atoms with Gasteiger partial charge in [-0.05, 0) is 56.6 Å². The van der Waals surface area contributed by atoms with Crippen molar-refractivity contribution >= 4 is 50.4 Å². The van der Waals surface area contributed by atoms with Gasteiger partial charge in [-0.15, -0.1) is 15.6 Å². The highest BCUT2D eigenvalue weighted by molar-refractivity contribution is 7.80. The molecule has 4 rings (SSSR count). The molecule has 2 aromatic heterocycles. The summed E-state index contributed by atoms with van der Waals surface area (Å²) in [5.74, 6) is -3.17. The average molecular weight is 739 g/mol. The van der Waals surface area contributed by atoms with E-state index >= 15 is 0 Å². The highest BCUT2D eigenvalue weighted by atomic mass is 32.3. The van der Waals surface area contributed by atoms with Crippen LogP contribution >= 0.6 is 11.3 Å². The predicted octanol–water partition coefficient (Wildman–Crippen LogP) is -1.17. The average Bonchev–Trinajstić information content (AvgIpc) is 3.63. The molecule has 9 N–H and O–H groups in total. The van der Waals surface area contributed by atoms with Crippen molar-refractivity contribution in [2.45, 2.75) is 44.5 Å². The summed E-state index contributed by atoms with van der Waals surface area (Å²) in [6.45, 7) is 4.26. The quantitative estimate of drug-likeness (QED) is 0.0412. The first-order valence-corrected chi connectivity index (χ1v) is 17.2. The van der Waals surface area contributed by atoms with Crippen molar-refractivity contribution < 1.29 is 46.3 Å². The number of benzene rings is 1. The van der Waals surface area contributed by atoms with Crippen molar-refractivity contribution in [1.29, 1.82) is 0 Å². The molecule has 3 heterocycles. The summed E-state index contributed by atoms with van der Waals surface area (Å²) in [7, 11) is -3.14. The lowest BCUT2D eigenvalue weighted by Gasteiger charge is -2.50. The predicted molar refractivity (Wildman–Crippen MR) is 179 cm³/mol. The first kappa shape index (κ1) is 37.9. The van der Waals surface area contributed by atoms with Crippen LogP contribution in [0.4, 0.5) is 5.13 Å². The number of anilines is 1. The molecule has 1 fully saturated rings.